The predicted octanol–water partition coefficient (Wildman–Crippen LogP) is -1.81. The molecular formula is C8H13O6. The highest BCUT2D eigenvalue weighted by Gasteiger charge is 2.38. The van der Waals surface area contributed by atoms with Crippen LogP contribution in [0.15, 0.2) is 0 Å². The average Bonchev–Trinajstić information content (AvgIpc) is 2.13. The lowest BCUT2D eigenvalue weighted by molar-refractivity contribution is -0.179. The summed E-state index contributed by atoms with van der Waals surface area (Å²) >= 11 is 0. The number of aliphatic hydroxyl groups is 3. The normalized spacial score (nSPS) is 38.0. The first-order valence-corrected chi connectivity index (χ1v) is 4.18. The van der Waals surface area contributed by atoms with Crippen LogP contribution in [0.25, 0.3) is 0 Å². The molecule has 0 bridgehead atoms. The molecule has 0 aliphatic carbocycles. The quantitative estimate of drug-likeness (QED) is 0.460. The van der Waals surface area contributed by atoms with Gasteiger partial charge in [-0.1, -0.05) is 0 Å². The summed E-state index contributed by atoms with van der Waals surface area (Å²) in [5, 5.41) is 27.6. The van der Waals surface area contributed by atoms with Gasteiger partial charge in [0.2, 0.25) is 0 Å². The first kappa shape index (κ1) is 11.4. The number of rotatable bonds is 2. The van der Waals surface area contributed by atoms with Crippen LogP contribution in [0.5, 0.6) is 0 Å². The molecular weight excluding hydrogens is 192 g/mol. The molecule has 1 fully saturated rings. The number of ether oxygens (including phenoxy) is 2. The van der Waals surface area contributed by atoms with Crippen molar-refractivity contribution >= 4 is 5.97 Å². The van der Waals surface area contributed by atoms with E-state index < -0.39 is 30.4 Å². The molecule has 6 nitrogen and oxygen atoms in total. The van der Waals surface area contributed by atoms with Crippen molar-refractivity contribution in [3.05, 3.63) is 6.61 Å². The van der Waals surface area contributed by atoms with Crippen LogP contribution >= 0.6 is 0 Å². The number of aliphatic hydroxyl groups excluding tert-OH is 3. The zero-order valence-corrected chi connectivity index (χ0v) is 7.66. The van der Waals surface area contributed by atoms with Gasteiger partial charge in [-0.15, -0.1) is 0 Å². The number of hydrogen-bond donors (Lipinski definition) is 3. The van der Waals surface area contributed by atoms with Gasteiger partial charge in [0.15, 0.2) is 0 Å². The lowest BCUT2D eigenvalue weighted by Crippen LogP contribution is -2.52. The van der Waals surface area contributed by atoms with Gasteiger partial charge < -0.3 is 24.8 Å². The van der Waals surface area contributed by atoms with E-state index in [2.05, 4.69) is 4.74 Å². The van der Waals surface area contributed by atoms with Crippen molar-refractivity contribution in [2.75, 3.05) is 6.61 Å². The third-order valence-electron chi connectivity index (χ3n) is 1.92. The molecule has 81 valence electrons. The summed E-state index contributed by atoms with van der Waals surface area (Å²) in [4.78, 5) is 10.5. The molecule has 1 aliphatic heterocycles. The van der Waals surface area contributed by atoms with Crippen molar-refractivity contribution in [1.29, 1.82) is 0 Å². The highest BCUT2D eigenvalue weighted by Crippen LogP contribution is 2.18. The minimum atomic E-state index is -1.32. The molecule has 4 atom stereocenters. The first-order chi connectivity index (χ1) is 6.52. The van der Waals surface area contributed by atoms with Gasteiger partial charge in [0.1, 0.15) is 37.6 Å². The van der Waals surface area contributed by atoms with Gasteiger partial charge in [0.25, 0.3) is 0 Å². The van der Waals surface area contributed by atoms with Gasteiger partial charge in [-0.2, -0.15) is 0 Å². The molecule has 1 saturated heterocycles. The van der Waals surface area contributed by atoms with E-state index in [4.69, 9.17) is 9.84 Å². The summed E-state index contributed by atoms with van der Waals surface area (Å²) < 4.78 is 9.46. The number of esters is 1. The molecule has 1 radical (unpaired) electrons. The second kappa shape index (κ2) is 4.70. The Morgan fingerprint density at radius 3 is 2.64 bits per heavy atom. The van der Waals surface area contributed by atoms with Crippen LogP contribution in [0.2, 0.25) is 0 Å². The zero-order chi connectivity index (χ0) is 10.7. The largest absolute Gasteiger partial charge is 0.463 e. The van der Waals surface area contributed by atoms with Crippen molar-refractivity contribution in [1.82, 2.24) is 0 Å². The summed E-state index contributed by atoms with van der Waals surface area (Å²) in [7, 11) is 0. The summed E-state index contributed by atoms with van der Waals surface area (Å²) in [6, 6.07) is 0. The third kappa shape index (κ3) is 2.65. The van der Waals surface area contributed by atoms with Crippen LogP contribution in [0, 0.1) is 6.61 Å². The van der Waals surface area contributed by atoms with Crippen molar-refractivity contribution < 1.29 is 29.6 Å². The Morgan fingerprint density at radius 2 is 2.07 bits per heavy atom. The SMILES string of the molecule is CC(=O)OC[C@H]1O[CH][C@H](O)[C@@H](O)[C@@H]1O. The molecule has 6 heteroatoms. The van der Waals surface area contributed by atoms with E-state index in [-0.39, 0.29) is 6.61 Å². The molecule has 0 aromatic rings. The molecule has 0 unspecified atom stereocenters. The van der Waals surface area contributed by atoms with E-state index in [9.17, 15) is 15.0 Å². The van der Waals surface area contributed by atoms with Crippen molar-refractivity contribution in [2.24, 2.45) is 0 Å². The number of carbonyl (C=O) groups is 1. The Hall–Kier alpha value is -0.690. The van der Waals surface area contributed by atoms with E-state index in [0.717, 1.165) is 6.61 Å². The van der Waals surface area contributed by atoms with Gasteiger partial charge in [-0.25, -0.2) is 0 Å². The van der Waals surface area contributed by atoms with Crippen molar-refractivity contribution in [3.63, 3.8) is 0 Å². The highest BCUT2D eigenvalue weighted by atomic mass is 16.6. The Bertz CT molecular complexity index is 206. The standard InChI is InChI=1S/C8H13O6/c1-4(9)13-3-6-8(12)7(11)5(10)2-14-6/h2,5-8,10-12H,3H2,1H3/t5-,6+,7+,8+/m0/s1. The van der Waals surface area contributed by atoms with Gasteiger partial charge in [0.05, 0.1) is 0 Å². The fourth-order valence-electron chi connectivity index (χ4n) is 1.10. The zero-order valence-electron chi connectivity index (χ0n) is 7.66. The topological polar surface area (TPSA) is 96.2 Å². The van der Waals surface area contributed by atoms with Gasteiger partial charge in [-0.05, 0) is 0 Å². The molecule has 0 saturated carbocycles. The van der Waals surface area contributed by atoms with Crippen molar-refractivity contribution in [2.45, 2.75) is 31.3 Å². The first-order valence-electron chi connectivity index (χ1n) is 4.18. The molecule has 0 aromatic heterocycles. The van der Waals surface area contributed by atoms with Crippen LogP contribution < -0.4 is 0 Å². The van der Waals surface area contributed by atoms with E-state index in [0.29, 0.717) is 0 Å². The van der Waals surface area contributed by atoms with E-state index in [1.807, 2.05) is 0 Å². The predicted molar refractivity (Wildman–Crippen MR) is 43.8 cm³/mol. The average molecular weight is 205 g/mol. The Morgan fingerprint density at radius 1 is 1.43 bits per heavy atom. The fourth-order valence-corrected chi connectivity index (χ4v) is 1.10. The molecule has 3 N–H and O–H groups in total. The molecule has 14 heavy (non-hydrogen) atoms. The second-order valence-electron chi connectivity index (χ2n) is 3.08. The van der Waals surface area contributed by atoms with Crippen LogP contribution in [0.4, 0.5) is 0 Å². The number of carbonyl (C=O) groups excluding carboxylic acids is 1. The van der Waals surface area contributed by atoms with Crippen molar-refractivity contribution in [3.8, 4) is 0 Å². The minimum Gasteiger partial charge on any atom is -0.463 e. The Balaban J connectivity index is 2.42. The monoisotopic (exact) mass is 205 g/mol. The van der Waals surface area contributed by atoms with Crippen LogP contribution in [0.3, 0.4) is 0 Å². The van der Waals surface area contributed by atoms with Gasteiger partial charge >= 0.3 is 5.97 Å². The molecule has 0 amide bonds. The summed E-state index contributed by atoms with van der Waals surface area (Å²) in [6.45, 7) is 2.08. The molecule has 0 aromatic carbocycles. The van der Waals surface area contributed by atoms with Gasteiger partial charge in [0, 0.05) is 6.92 Å². The molecule has 1 heterocycles. The molecule has 0 spiro atoms. The summed E-state index contributed by atoms with van der Waals surface area (Å²) in [5.74, 6) is -0.499. The maximum Gasteiger partial charge on any atom is 0.302 e. The maximum atomic E-state index is 10.5. The Labute approximate surface area is 81.1 Å². The summed E-state index contributed by atoms with van der Waals surface area (Å²) in [5.41, 5.74) is 0. The second-order valence-corrected chi connectivity index (χ2v) is 3.08. The minimum absolute atomic E-state index is 0.156. The smallest absolute Gasteiger partial charge is 0.302 e. The third-order valence-corrected chi connectivity index (χ3v) is 1.92. The van der Waals surface area contributed by atoms with E-state index >= 15 is 0 Å². The highest BCUT2D eigenvalue weighted by molar-refractivity contribution is 5.65. The van der Waals surface area contributed by atoms with E-state index in [1.165, 1.54) is 6.92 Å². The van der Waals surface area contributed by atoms with E-state index in [1.54, 1.807) is 0 Å². The Kier molecular flexibility index (Phi) is 3.82. The lowest BCUT2D eigenvalue weighted by atomic mass is 10.0. The van der Waals surface area contributed by atoms with Gasteiger partial charge in [-0.3, -0.25) is 4.79 Å². The molecule has 1 rings (SSSR count). The fraction of sp³-hybridized carbons (Fsp3) is 0.750. The number of hydrogen-bond acceptors (Lipinski definition) is 6. The van der Waals surface area contributed by atoms with Crippen LogP contribution in [-0.4, -0.2) is 52.3 Å². The summed E-state index contributed by atoms with van der Waals surface area (Å²) in [6.07, 6.45) is -4.64. The van der Waals surface area contributed by atoms with Crippen LogP contribution in [-0.2, 0) is 14.3 Å². The maximum absolute atomic E-state index is 10.5. The lowest BCUT2D eigenvalue weighted by Gasteiger charge is -2.34. The van der Waals surface area contributed by atoms with Crippen LogP contribution in [0.1, 0.15) is 6.92 Å². The molecule has 1 aliphatic rings.